The first-order valence-corrected chi connectivity index (χ1v) is 5.99. The molecule has 0 amide bonds. The van der Waals surface area contributed by atoms with E-state index in [1.807, 2.05) is 18.2 Å². The van der Waals surface area contributed by atoms with E-state index in [4.69, 9.17) is 4.74 Å². The van der Waals surface area contributed by atoms with Crippen molar-refractivity contribution in [2.24, 2.45) is 5.92 Å². The van der Waals surface area contributed by atoms with Crippen LogP contribution in [0.3, 0.4) is 0 Å². The molecule has 0 bridgehead atoms. The van der Waals surface area contributed by atoms with Gasteiger partial charge >= 0.3 is 0 Å². The maximum atomic E-state index is 5.38. The molecule has 0 aliphatic heterocycles. The predicted molar refractivity (Wildman–Crippen MR) is 68.9 cm³/mol. The molecule has 1 aromatic rings. The molecular weight excluding hydrogens is 214 g/mol. The zero-order valence-corrected chi connectivity index (χ0v) is 10.6. The van der Waals surface area contributed by atoms with Crippen LogP contribution in [0.5, 0.6) is 5.88 Å². The fourth-order valence-electron chi connectivity index (χ4n) is 1.25. The van der Waals surface area contributed by atoms with Crippen molar-refractivity contribution in [3.63, 3.8) is 0 Å². The lowest BCUT2D eigenvalue weighted by atomic mass is 10.2. The third kappa shape index (κ3) is 6.02. The summed E-state index contributed by atoms with van der Waals surface area (Å²) in [6.45, 7) is 10.3. The molecule has 4 heteroatoms. The van der Waals surface area contributed by atoms with Crippen LogP contribution in [0.2, 0.25) is 0 Å². The fourth-order valence-corrected chi connectivity index (χ4v) is 1.25. The van der Waals surface area contributed by atoms with Crippen LogP contribution in [0, 0.1) is 5.92 Å². The minimum absolute atomic E-state index is 0.569. The van der Waals surface area contributed by atoms with Gasteiger partial charge in [-0.15, -0.1) is 11.7 Å². The van der Waals surface area contributed by atoms with E-state index in [0.717, 1.165) is 25.2 Å². The molecule has 0 saturated heterocycles. The molecule has 0 aliphatic carbocycles. The van der Waals surface area contributed by atoms with E-state index in [2.05, 4.69) is 35.9 Å². The molecule has 1 aromatic heterocycles. The Labute approximate surface area is 103 Å². The van der Waals surface area contributed by atoms with Gasteiger partial charge in [0.15, 0.2) is 0 Å². The van der Waals surface area contributed by atoms with Gasteiger partial charge < -0.3 is 10.1 Å². The Balaban J connectivity index is 2.31. The summed E-state index contributed by atoms with van der Waals surface area (Å²) in [5.74, 6) is 1.21. The normalized spacial score (nSPS) is 10.5. The number of hydrogen-bond donors (Lipinski definition) is 1. The SMILES string of the molecule is C=CCCOc1ccc(CNCC(C)C)nn1. The van der Waals surface area contributed by atoms with Crippen molar-refractivity contribution >= 4 is 0 Å². The van der Waals surface area contributed by atoms with E-state index >= 15 is 0 Å². The highest BCUT2D eigenvalue weighted by atomic mass is 16.5. The van der Waals surface area contributed by atoms with Crippen LogP contribution in [0.15, 0.2) is 24.8 Å². The standard InChI is InChI=1S/C13H21N3O/c1-4-5-8-17-13-7-6-12(15-16-13)10-14-9-11(2)3/h4,6-7,11,14H,1,5,8-10H2,2-3H3. The van der Waals surface area contributed by atoms with Gasteiger partial charge in [0.05, 0.1) is 12.3 Å². The first kappa shape index (κ1) is 13.6. The summed E-state index contributed by atoms with van der Waals surface area (Å²) < 4.78 is 5.38. The number of nitrogens with one attached hydrogen (secondary N) is 1. The lowest BCUT2D eigenvalue weighted by Gasteiger charge is -2.07. The smallest absolute Gasteiger partial charge is 0.233 e. The first-order chi connectivity index (χ1) is 8.22. The van der Waals surface area contributed by atoms with Gasteiger partial charge in [0.25, 0.3) is 0 Å². The second kappa shape index (κ2) is 7.79. The monoisotopic (exact) mass is 235 g/mol. The largest absolute Gasteiger partial charge is 0.476 e. The van der Waals surface area contributed by atoms with Gasteiger partial charge in [0, 0.05) is 12.6 Å². The highest BCUT2D eigenvalue weighted by Crippen LogP contribution is 2.05. The van der Waals surface area contributed by atoms with Crippen molar-refractivity contribution in [3.05, 3.63) is 30.5 Å². The van der Waals surface area contributed by atoms with E-state index in [0.29, 0.717) is 18.4 Å². The van der Waals surface area contributed by atoms with Crippen LogP contribution in [0.1, 0.15) is 26.0 Å². The molecule has 1 rings (SSSR count). The third-order valence-electron chi connectivity index (χ3n) is 2.13. The van der Waals surface area contributed by atoms with Crippen LogP contribution in [-0.4, -0.2) is 23.3 Å². The van der Waals surface area contributed by atoms with Crippen LogP contribution >= 0.6 is 0 Å². The molecule has 0 saturated carbocycles. The molecule has 1 heterocycles. The summed E-state index contributed by atoms with van der Waals surface area (Å²) in [4.78, 5) is 0. The second-order valence-corrected chi connectivity index (χ2v) is 4.31. The van der Waals surface area contributed by atoms with Crippen LogP contribution < -0.4 is 10.1 Å². The summed E-state index contributed by atoms with van der Waals surface area (Å²) in [7, 11) is 0. The minimum atomic E-state index is 0.569. The second-order valence-electron chi connectivity index (χ2n) is 4.31. The van der Waals surface area contributed by atoms with E-state index in [1.54, 1.807) is 0 Å². The average molecular weight is 235 g/mol. The number of rotatable bonds is 8. The Morgan fingerprint density at radius 2 is 2.24 bits per heavy atom. The first-order valence-electron chi connectivity index (χ1n) is 5.99. The Kier molecular flexibility index (Phi) is 6.25. The van der Waals surface area contributed by atoms with Gasteiger partial charge in [-0.25, -0.2) is 0 Å². The highest BCUT2D eigenvalue weighted by molar-refractivity contribution is 5.11. The van der Waals surface area contributed by atoms with E-state index in [1.165, 1.54) is 0 Å². The molecule has 0 aliphatic rings. The highest BCUT2D eigenvalue weighted by Gasteiger charge is 1.99. The van der Waals surface area contributed by atoms with E-state index < -0.39 is 0 Å². The molecule has 0 spiro atoms. The average Bonchev–Trinajstić information content (AvgIpc) is 2.31. The summed E-state index contributed by atoms with van der Waals surface area (Å²) in [5.41, 5.74) is 0.932. The predicted octanol–water partition coefficient (Wildman–Crippen LogP) is 2.18. The Morgan fingerprint density at radius 3 is 2.82 bits per heavy atom. The number of hydrogen-bond acceptors (Lipinski definition) is 4. The van der Waals surface area contributed by atoms with E-state index in [9.17, 15) is 0 Å². The summed E-state index contributed by atoms with van der Waals surface area (Å²) >= 11 is 0. The molecule has 94 valence electrons. The van der Waals surface area contributed by atoms with Gasteiger partial charge in [-0.05, 0) is 24.9 Å². The van der Waals surface area contributed by atoms with Gasteiger partial charge in [-0.3, -0.25) is 0 Å². The van der Waals surface area contributed by atoms with Crippen molar-refractivity contribution < 1.29 is 4.74 Å². The molecule has 0 fully saturated rings. The Bertz CT molecular complexity index is 322. The molecule has 17 heavy (non-hydrogen) atoms. The van der Waals surface area contributed by atoms with Gasteiger partial charge in [0.1, 0.15) is 0 Å². The van der Waals surface area contributed by atoms with Crippen molar-refractivity contribution in [1.29, 1.82) is 0 Å². The van der Waals surface area contributed by atoms with Crippen LogP contribution in [0.25, 0.3) is 0 Å². The number of nitrogens with zero attached hydrogens (tertiary/aromatic N) is 2. The Morgan fingerprint density at radius 1 is 1.41 bits per heavy atom. The van der Waals surface area contributed by atoms with Crippen LogP contribution in [0.4, 0.5) is 0 Å². The zero-order valence-electron chi connectivity index (χ0n) is 10.6. The van der Waals surface area contributed by atoms with Crippen molar-refractivity contribution in [3.8, 4) is 5.88 Å². The fraction of sp³-hybridized carbons (Fsp3) is 0.538. The molecule has 1 N–H and O–H groups in total. The minimum Gasteiger partial charge on any atom is -0.476 e. The molecule has 0 radical (unpaired) electrons. The van der Waals surface area contributed by atoms with Gasteiger partial charge in [-0.2, -0.15) is 5.10 Å². The number of ether oxygens (including phenoxy) is 1. The van der Waals surface area contributed by atoms with Crippen molar-refractivity contribution in [1.82, 2.24) is 15.5 Å². The molecule has 0 atom stereocenters. The summed E-state index contributed by atoms with van der Waals surface area (Å²) in [6, 6.07) is 3.78. The third-order valence-corrected chi connectivity index (χ3v) is 2.13. The Hall–Kier alpha value is -1.42. The summed E-state index contributed by atoms with van der Waals surface area (Å²) in [6.07, 6.45) is 2.64. The lowest BCUT2D eigenvalue weighted by Crippen LogP contribution is -2.19. The molecule has 0 unspecified atom stereocenters. The van der Waals surface area contributed by atoms with Gasteiger partial charge in [0.2, 0.25) is 5.88 Å². The maximum absolute atomic E-state index is 5.38. The topological polar surface area (TPSA) is 47.0 Å². The lowest BCUT2D eigenvalue weighted by molar-refractivity contribution is 0.308. The maximum Gasteiger partial charge on any atom is 0.233 e. The van der Waals surface area contributed by atoms with E-state index in [-0.39, 0.29) is 0 Å². The molecule has 4 nitrogen and oxygen atoms in total. The van der Waals surface area contributed by atoms with Crippen molar-refractivity contribution in [2.75, 3.05) is 13.2 Å². The quantitative estimate of drug-likeness (QED) is 0.554. The van der Waals surface area contributed by atoms with Crippen molar-refractivity contribution in [2.45, 2.75) is 26.8 Å². The zero-order chi connectivity index (χ0) is 12.5. The van der Waals surface area contributed by atoms with Crippen LogP contribution in [-0.2, 0) is 6.54 Å². The summed E-state index contributed by atoms with van der Waals surface area (Å²) in [5, 5.41) is 11.4. The van der Waals surface area contributed by atoms with Gasteiger partial charge in [-0.1, -0.05) is 19.9 Å². The molecular formula is C13H21N3O. The number of aromatic nitrogens is 2. The molecule has 0 aromatic carbocycles.